The standard InChI is InChI=1S/C18H20N2O2S/c1-13-5-4-9-20(11-13)18(22)15-6-2-3-7-16(15)19-17(21)14-8-10-23-12-14/h2-3,6-8,10,12-13H,4-5,9,11H2,1H3,(H,19,21). The Morgan fingerprint density at radius 3 is 2.83 bits per heavy atom. The van der Waals surface area contributed by atoms with Crippen molar-refractivity contribution < 1.29 is 9.59 Å². The molecule has 3 rings (SSSR count). The number of piperidine rings is 1. The third-order valence-corrected chi connectivity index (χ3v) is 4.82. The highest BCUT2D eigenvalue weighted by molar-refractivity contribution is 7.08. The van der Waals surface area contributed by atoms with Crippen LogP contribution in [-0.2, 0) is 0 Å². The van der Waals surface area contributed by atoms with Crippen LogP contribution in [0.3, 0.4) is 0 Å². The summed E-state index contributed by atoms with van der Waals surface area (Å²) in [6, 6.07) is 9.01. The second kappa shape index (κ2) is 6.96. The molecule has 1 atom stereocenters. The average Bonchev–Trinajstić information content (AvgIpc) is 3.09. The van der Waals surface area contributed by atoms with Crippen LogP contribution in [0.25, 0.3) is 0 Å². The summed E-state index contributed by atoms with van der Waals surface area (Å²) < 4.78 is 0. The topological polar surface area (TPSA) is 49.4 Å². The van der Waals surface area contributed by atoms with Gasteiger partial charge in [0.2, 0.25) is 0 Å². The molecule has 1 unspecified atom stereocenters. The molecule has 2 heterocycles. The first kappa shape index (κ1) is 15.7. The van der Waals surface area contributed by atoms with Crippen molar-refractivity contribution in [2.75, 3.05) is 18.4 Å². The highest BCUT2D eigenvalue weighted by atomic mass is 32.1. The van der Waals surface area contributed by atoms with Gasteiger partial charge in [-0.15, -0.1) is 0 Å². The van der Waals surface area contributed by atoms with E-state index in [-0.39, 0.29) is 11.8 Å². The SMILES string of the molecule is CC1CCCN(C(=O)c2ccccc2NC(=O)c2ccsc2)C1. The molecule has 1 aliphatic rings. The molecule has 1 aromatic heterocycles. The first-order chi connectivity index (χ1) is 11.1. The van der Waals surface area contributed by atoms with Gasteiger partial charge in [0.25, 0.3) is 11.8 Å². The molecule has 120 valence electrons. The number of hydrogen-bond donors (Lipinski definition) is 1. The molecule has 1 N–H and O–H groups in total. The molecular formula is C18H20N2O2S. The second-order valence-corrected chi connectivity index (χ2v) is 6.79. The number of carbonyl (C=O) groups excluding carboxylic acids is 2. The van der Waals surface area contributed by atoms with Crippen molar-refractivity contribution in [3.8, 4) is 0 Å². The summed E-state index contributed by atoms with van der Waals surface area (Å²) in [6.45, 7) is 3.74. The lowest BCUT2D eigenvalue weighted by atomic mass is 9.99. The molecule has 0 saturated carbocycles. The molecule has 0 bridgehead atoms. The monoisotopic (exact) mass is 328 g/mol. The van der Waals surface area contributed by atoms with E-state index in [9.17, 15) is 9.59 Å². The lowest BCUT2D eigenvalue weighted by molar-refractivity contribution is 0.0684. The van der Waals surface area contributed by atoms with Gasteiger partial charge in [0.05, 0.1) is 16.8 Å². The summed E-state index contributed by atoms with van der Waals surface area (Å²) in [6.07, 6.45) is 2.21. The number of nitrogens with zero attached hydrogens (tertiary/aromatic N) is 1. The molecule has 1 fully saturated rings. The fourth-order valence-electron chi connectivity index (χ4n) is 2.91. The molecule has 0 aliphatic carbocycles. The molecule has 1 saturated heterocycles. The van der Waals surface area contributed by atoms with Gasteiger partial charge in [-0.05, 0) is 42.3 Å². The minimum Gasteiger partial charge on any atom is -0.338 e. The third kappa shape index (κ3) is 3.62. The minimum absolute atomic E-state index is 0.00207. The molecular weight excluding hydrogens is 308 g/mol. The Bertz CT molecular complexity index is 697. The van der Waals surface area contributed by atoms with E-state index in [1.165, 1.54) is 17.8 Å². The normalized spacial score (nSPS) is 17.8. The highest BCUT2D eigenvalue weighted by Crippen LogP contribution is 2.22. The van der Waals surface area contributed by atoms with E-state index in [4.69, 9.17) is 0 Å². The Balaban J connectivity index is 1.80. The molecule has 2 amide bonds. The van der Waals surface area contributed by atoms with Crippen LogP contribution in [0, 0.1) is 5.92 Å². The minimum atomic E-state index is -0.182. The van der Waals surface area contributed by atoms with Crippen molar-refractivity contribution in [1.82, 2.24) is 4.90 Å². The fourth-order valence-corrected chi connectivity index (χ4v) is 3.55. The van der Waals surface area contributed by atoms with E-state index >= 15 is 0 Å². The number of para-hydroxylation sites is 1. The smallest absolute Gasteiger partial charge is 0.256 e. The van der Waals surface area contributed by atoms with Gasteiger partial charge in [-0.1, -0.05) is 19.1 Å². The Morgan fingerprint density at radius 1 is 1.26 bits per heavy atom. The quantitative estimate of drug-likeness (QED) is 0.930. The summed E-state index contributed by atoms with van der Waals surface area (Å²) in [4.78, 5) is 27.0. The number of anilines is 1. The summed E-state index contributed by atoms with van der Waals surface area (Å²) in [5, 5.41) is 6.52. The summed E-state index contributed by atoms with van der Waals surface area (Å²) >= 11 is 1.48. The second-order valence-electron chi connectivity index (χ2n) is 6.01. The number of nitrogens with one attached hydrogen (secondary N) is 1. The number of likely N-dealkylation sites (tertiary alicyclic amines) is 1. The average molecular weight is 328 g/mol. The predicted molar refractivity (Wildman–Crippen MR) is 93.0 cm³/mol. The van der Waals surface area contributed by atoms with Gasteiger partial charge in [-0.2, -0.15) is 11.3 Å². The van der Waals surface area contributed by atoms with Gasteiger partial charge in [-0.25, -0.2) is 0 Å². The van der Waals surface area contributed by atoms with E-state index in [2.05, 4.69) is 12.2 Å². The van der Waals surface area contributed by atoms with Crippen LogP contribution in [0.1, 0.15) is 40.5 Å². The largest absolute Gasteiger partial charge is 0.338 e. The summed E-state index contributed by atoms with van der Waals surface area (Å²) in [5.74, 6) is 0.344. The van der Waals surface area contributed by atoms with Crippen molar-refractivity contribution in [2.45, 2.75) is 19.8 Å². The predicted octanol–water partition coefficient (Wildman–Crippen LogP) is 3.87. The molecule has 0 radical (unpaired) electrons. The number of amides is 2. The number of carbonyl (C=O) groups is 2. The molecule has 1 aromatic carbocycles. The molecule has 1 aliphatic heterocycles. The van der Waals surface area contributed by atoms with Gasteiger partial charge >= 0.3 is 0 Å². The zero-order valence-corrected chi connectivity index (χ0v) is 13.9. The van der Waals surface area contributed by atoms with Crippen LogP contribution in [0.4, 0.5) is 5.69 Å². The van der Waals surface area contributed by atoms with Crippen LogP contribution in [-0.4, -0.2) is 29.8 Å². The van der Waals surface area contributed by atoms with Crippen molar-refractivity contribution >= 4 is 28.8 Å². The zero-order chi connectivity index (χ0) is 16.2. The highest BCUT2D eigenvalue weighted by Gasteiger charge is 2.24. The van der Waals surface area contributed by atoms with E-state index in [0.717, 1.165) is 19.5 Å². The third-order valence-electron chi connectivity index (χ3n) is 4.13. The molecule has 2 aromatic rings. The van der Waals surface area contributed by atoms with Crippen molar-refractivity contribution in [3.63, 3.8) is 0 Å². The first-order valence-electron chi connectivity index (χ1n) is 7.87. The van der Waals surface area contributed by atoms with Gasteiger partial charge in [-0.3, -0.25) is 9.59 Å². The molecule has 23 heavy (non-hydrogen) atoms. The van der Waals surface area contributed by atoms with Crippen LogP contribution < -0.4 is 5.32 Å². The number of hydrogen-bond acceptors (Lipinski definition) is 3. The Morgan fingerprint density at radius 2 is 2.09 bits per heavy atom. The van der Waals surface area contributed by atoms with Gasteiger partial charge < -0.3 is 10.2 Å². The van der Waals surface area contributed by atoms with Gasteiger partial charge in [0, 0.05) is 18.5 Å². The van der Waals surface area contributed by atoms with Crippen molar-refractivity contribution in [2.24, 2.45) is 5.92 Å². The van der Waals surface area contributed by atoms with E-state index in [0.29, 0.717) is 22.7 Å². The molecule has 5 heteroatoms. The van der Waals surface area contributed by atoms with Crippen LogP contribution >= 0.6 is 11.3 Å². The Hall–Kier alpha value is -2.14. The van der Waals surface area contributed by atoms with Crippen LogP contribution in [0.15, 0.2) is 41.1 Å². The van der Waals surface area contributed by atoms with E-state index in [1.54, 1.807) is 23.6 Å². The maximum Gasteiger partial charge on any atom is 0.256 e. The number of rotatable bonds is 3. The maximum atomic E-state index is 12.8. The Labute approximate surface area is 140 Å². The first-order valence-corrected chi connectivity index (χ1v) is 8.81. The summed E-state index contributed by atoms with van der Waals surface area (Å²) in [7, 11) is 0. The molecule has 4 nitrogen and oxygen atoms in total. The van der Waals surface area contributed by atoms with E-state index in [1.807, 2.05) is 22.4 Å². The Kier molecular flexibility index (Phi) is 4.76. The lowest BCUT2D eigenvalue weighted by Gasteiger charge is -2.31. The van der Waals surface area contributed by atoms with Gasteiger partial charge in [0.1, 0.15) is 0 Å². The van der Waals surface area contributed by atoms with Gasteiger partial charge in [0.15, 0.2) is 0 Å². The maximum absolute atomic E-state index is 12.8. The number of thiophene rings is 1. The zero-order valence-electron chi connectivity index (χ0n) is 13.1. The number of benzene rings is 1. The summed E-state index contributed by atoms with van der Waals surface area (Å²) in [5.41, 5.74) is 1.75. The van der Waals surface area contributed by atoms with Crippen molar-refractivity contribution in [3.05, 3.63) is 52.2 Å². The fraction of sp³-hybridized carbons (Fsp3) is 0.333. The van der Waals surface area contributed by atoms with Crippen molar-refractivity contribution in [1.29, 1.82) is 0 Å². The lowest BCUT2D eigenvalue weighted by Crippen LogP contribution is -2.39. The van der Waals surface area contributed by atoms with Crippen LogP contribution in [0.2, 0.25) is 0 Å². The van der Waals surface area contributed by atoms with Crippen LogP contribution in [0.5, 0.6) is 0 Å². The van der Waals surface area contributed by atoms with E-state index < -0.39 is 0 Å². The molecule has 0 spiro atoms.